The SMILES string of the molecule is CCCC[C@H](NC(=O)[C@@H]1CCCN1C(=O)CNC(=O)[C@H](CCCCN)NC(=O)[C@H](Cc1cnc[nH]1)NC(=O)[C@H](CO)NC(=O)[C@H](CC(C)C)NC(=O)[C@H](CCCN=C(N)N)NC(=O)[C@@H]1CCCN1C(=O)[C@H](CCCN=C(N)N)NC(=O)[C@@H]1CCC(=O)N1)C(=O)N1CCC[C@H]1C(=O)N[C@@H](Cc1cccnc1)C(=O)O. The molecule has 4 fully saturated rings. The van der Waals surface area contributed by atoms with Crippen LogP contribution in [-0.4, -0.2) is 259 Å². The highest BCUT2D eigenvalue weighted by Crippen LogP contribution is 2.25. The summed E-state index contributed by atoms with van der Waals surface area (Å²) in [5, 5.41) is 47.1. The van der Waals surface area contributed by atoms with Crippen LogP contribution in [0.4, 0.5) is 0 Å². The summed E-state index contributed by atoms with van der Waals surface area (Å²) in [4.78, 5) is 217. The Kier molecular flexibility index (Phi) is 35.1. The average Bonchev–Trinajstić information content (AvgIpc) is 1.65. The third-order valence-electron chi connectivity index (χ3n) is 19.0. The van der Waals surface area contributed by atoms with Gasteiger partial charge in [-0.2, -0.15) is 0 Å². The molecule has 0 saturated carbocycles. The number of nitrogens with zero attached hydrogens (tertiary/aromatic N) is 7. The first kappa shape index (κ1) is 86.3. The number of aliphatic imine (C=N–C) groups is 2. The Morgan fingerprint density at radius 1 is 0.574 bits per heavy atom. The van der Waals surface area contributed by atoms with E-state index in [0.29, 0.717) is 56.2 Å². The molecule has 0 spiro atoms. The molecule has 0 radical (unpaired) electrons. The number of carbonyl (C=O) groups is 14. The molecular formula is C69H109N23O16. The van der Waals surface area contributed by atoms with Crippen molar-refractivity contribution in [1.82, 2.24) is 82.8 Å². The number of hydrogen-bond acceptors (Lipinski definition) is 20. The number of unbranched alkanes of at least 4 members (excludes halogenated alkanes) is 2. The van der Waals surface area contributed by atoms with Crippen molar-refractivity contribution in [3.8, 4) is 0 Å². The van der Waals surface area contributed by atoms with Gasteiger partial charge in [-0.15, -0.1) is 0 Å². The highest BCUT2D eigenvalue weighted by atomic mass is 16.4. The van der Waals surface area contributed by atoms with Crippen molar-refractivity contribution in [3.63, 3.8) is 0 Å². The molecule has 2 aromatic heterocycles. The number of aliphatic hydroxyl groups is 1. The summed E-state index contributed by atoms with van der Waals surface area (Å²) in [6, 6.07) is -11.8. The molecule has 4 aliphatic heterocycles. The zero-order valence-electron chi connectivity index (χ0n) is 61.6. The number of pyridine rings is 1. The van der Waals surface area contributed by atoms with Gasteiger partial charge in [-0.05, 0) is 127 Å². The van der Waals surface area contributed by atoms with Gasteiger partial charge in [-0.25, -0.2) is 9.78 Å². The van der Waals surface area contributed by atoms with Gasteiger partial charge < -0.3 is 112 Å². The molecule has 39 nitrogen and oxygen atoms in total. The summed E-state index contributed by atoms with van der Waals surface area (Å²) in [5.41, 5.74) is 28.9. The maximum atomic E-state index is 14.5. The van der Waals surface area contributed by atoms with Gasteiger partial charge in [0.05, 0.1) is 19.5 Å². The number of aromatic nitrogens is 3. The monoisotopic (exact) mass is 1520 g/mol. The molecule has 0 aromatic carbocycles. The van der Waals surface area contributed by atoms with E-state index >= 15 is 0 Å². The standard InChI is InChI=1S/C69H109N23O16/c1-4-5-15-45(65(105)92-30-13-21-53(92)64(104)88-49(67(107)108)32-40-14-8-25-75-34-40)85-62(102)51-19-11-28-90(51)55(95)36-79-56(96)42(16-6-7-24-70)82-60(100)48(33-41-35-76-38-80-41)87-61(101)50(37-93)89-59(99)47(31-39(2)3)86-57(97)43(17-9-26-77-68(71)72)83-63(103)52-20-12-29-91(52)66(106)46(18-10-27-78-69(73)74)84-58(98)44-22-23-54(94)81-44/h8,14,25,34-35,38-39,42-53,93H,4-7,9-13,15-24,26-33,36-37,70H2,1-3H3,(H,76,80)(H,79,96)(H,81,94)(H,82,100)(H,83,103)(H,84,98)(H,85,102)(H,86,97)(H,87,101)(H,88,104)(H,89,99)(H,107,108)(H4,71,72,77)(H4,73,74,78)/t42-,43-,44-,45-,46-,47-,48-,49-,50-,51-,52-,53-/m0/s1. The maximum absolute atomic E-state index is 14.5. The molecule has 0 unspecified atom stereocenters. The average molecular weight is 1520 g/mol. The van der Waals surface area contributed by atoms with Crippen molar-refractivity contribution < 1.29 is 77.3 Å². The number of carbonyl (C=O) groups excluding carboxylic acids is 13. The minimum absolute atomic E-state index is 0.00642. The van der Waals surface area contributed by atoms with E-state index in [0.717, 1.165) is 0 Å². The highest BCUT2D eigenvalue weighted by Gasteiger charge is 2.44. The molecule has 108 heavy (non-hydrogen) atoms. The molecule has 39 heteroatoms. The molecule has 23 N–H and O–H groups in total. The number of imidazole rings is 1. The molecule has 0 aliphatic carbocycles. The number of carboxylic acids is 1. The van der Waals surface area contributed by atoms with Crippen LogP contribution < -0.4 is 81.8 Å². The van der Waals surface area contributed by atoms with Crippen LogP contribution in [0.15, 0.2) is 47.0 Å². The second-order valence-corrected chi connectivity index (χ2v) is 27.8. The minimum atomic E-state index is -1.77. The smallest absolute Gasteiger partial charge is 0.326 e. The van der Waals surface area contributed by atoms with Gasteiger partial charge in [0.15, 0.2) is 11.9 Å². The summed E-state index contributed by atoms with van der Waals surface area (Å²) in [6.07, 6.45) is 9.90. The van der Waals surface area contributed by atoms with E-state index in [1.807, 2.05) is 6.92 Å². The van der Waals surface area contributed by atoms with E-state index in [9.17, 15) is 77.3 Å². The summed E-state index contributed by atoms with van der Waals surface area (Å²) < 4.78 is 0. The van der Waals surface area contributed by atoms with E-state index in [1.165, 1.54) is 39.6 Å². The third-order valence-corrected chi connectivity index (χ3v) is 19.0. The number of aromatic amines is 1. The van der Waals surface area contributed by atoms with Crippen molar-refractivity contribution in [1.29, 1.82) is 0 Å². The zero-order valence-corrected chi connectivity index (χ0v) is 61.6. The number of nitrogens with two attached hydrogens (primary N) is 5. The van der Waals surface area contributed by atoms with Gasteiger partial charge >= 0.3 is 5.97 Å². The number of carboxylic acid groups (broad SMARTS) is 1. The quantitative estimate of drug-likeness (QED) is 0.0167. The van der Waals surface area contributed by atoms with Crippen LogP contribution in [0.1, 0.15) is 154 Å². The van der Waals surface area contributed by atoms with Crippen molar-refractivity contribution in [3.05, 3.63) is 48.3 Å². The predicted octanol–water partition coefficient (Wildman–Crippen LogP) is -5.61. The van der Waals surface area contributed by atoms with Crippen molar-refractivity contribution in [2.24, 2.45) is 44.6 Å². The molecule has 2 aromatic rings. The topological polar surface area (TPSA) is 606 Å². The highest BCUT2D eigenvalue weighted by molar-refractivity contribution is 6.00. The Morgan fingerprint density at radius 2 is 1.07 bits per heavy atom. The molecule has 4 saturated heterocycles. The first-order valence-corrected chi connectivity index (χ1v) is 37.0. The molecule has 6 rings (SSSR count). The van der Waals surface area contributed by atoms with E-state index in [4.69, 9.17) is 28.7 Å². The van der Waals surface area contributed by atoms with E-state index < -0.39 is 163 Å². The largest absolute Gasteiger partial charge is 0.480 e. The molecule has 0 bridgehead atoms. The van der Waals surface area contributed by atoms with Gasteiger partial charge in [0, 0.05) is 76.3 Å². The molecule has 12 atom stereocenters. The molecular weight excluding hydrogens is 1410 g/mol. The lowest BCUT2D eigenvalue weighted by Gasteiger charge is -2.31. The first-order chi connectivity index (χ1) is 51.6. The normalized spacial score (nSPS) is 19.0. The lowest BCUT2D eigenvalue weighted by atomic mass is 10.0. The Balaban J connectivity index is 1.10. The Hall–Kier alpha value is -10.6. The maximum Gasteiger partial charge on any atom is 0.326 e. The van der Waals surface area contributed by atoms with Crippen LogP contribution in [-0.2, 0) is 80.0 Å². The molecule has 6 heterocycles. The minimum Gasteiger partial charge on any atom is -0.480 e. The number of rotatable bonds is 44. The van der Waals surface area contributed by atoms with Gasteiger partial charge in [0.1, 0.15) is 72.5 Å². The summed E-state index contributed by atoms with van der Waals surface area (Å²) in [6.45, 7) is 4.47. The van der Waals surface area contributed by atoms with Crippen LogP contribution in [0.2, 0.25) is 0 Å². The van der Waals surface area contributed by atoms with Gasteiger partial charge in [-0.1, -0.05) is 39.7 Å². The van der Waals surface area contributed by atoms with Crippen LogP contribution >= 0.6 is 0 Å². The number of aliphatic hydroxyl groups excluding tert-OH is 1. The number of amides is 13. The Bertz CT molecular complexity index is 3470. The van der Waals surface area contributed by atoms with E-state index in [-0.39, 0.29) is 153 Å². The van der Waals surface area contributed by atoms with Crippen LogP contribution in [0.25, 0.3) is 0 Å². The van der Waals surface area contributed by atoms with Crippen molar-refractivity contribution >= 4 is 94.7 Å². The molecule has 4 aliphatic rings. The number of likely N-dealkylation sites (tertiary alicyclic amines) is 3. The number of guanidine groups is 2. The number of nitrogens with one attached hydrogen (secondary N) is 11. The van der Waals surface area contributed by atoms with Gasteiger partial charge in [0.25, 0.3) is 0 Å². The Morgan fingerprint density at radius 3 is 1.60 bits per heavy atom. The van der Waals surface area contributed by atoms with E-state index in [1.54, 1.807) is 26.0 Å². The molecule has 596 valence electrons. The lowest BCUT2D eigenvalue weighted by Crippen LogP contribution is -2.61. The van der Waals surface area contributed by atoms with Gasteiger partial charge in [0.2, 0.25) is 76.8 Å². The van der Waals surface area contributed by atoms with Gasteiger partial charge in [-0.3, -0.25) is 77.3 Å². The van der Waals surface area contributed by atoms with Crippen LogP contribution in [0.5, 0.6) is 0 Å². The van der Waals surface area contributed by atoms with Crippen molar-refractivity contribution in [2.45, 2.75) is 228 Å². The predicted molar refractivity (Wildman–Crippen MR) is 390 cm³/mol. The van der Waals surface area contributed by atoms with Crippen LogP contribution in [0, 0.1) is 5.92 Å². The fraction of sp³-hybridized carbons (Fsp3) is 0.652. The van der Waals surface area contributed by atoms with E-state index in [2.05, 4.69) is 78.1 Å². The Labute approximate surface area is 625 Å². The first-order valence-electron chi connectivity index (χ1n) is 37.0. The fourth-order valence-corrected chi connectivity index (χ4v) is 13.3. The van der Waals surface area contributed by atoms with Crippen LogP contribution in [0.3, 0.4) is 0 Å². The second kappa shape index (κ2) is 43.9. The number of aliphatic carboxylic acids is 1. The molecule has 13 amide bonds. The van der Waals surface area contributed by atoms with Crippen molar-refractivity contribution in [2.75, 3.05) is 52.4 Å². The fourth-order valence-electron chi connectivity index (χ4n) is 13.3. The zero-order chi connectivity index (χ0) is 79.0. The summed E-state index contributed by atoms with van der Waals surface area (Å²) in [7, 11) is 0. The number of hydrogen-bond donors (Lipinski definition) is 18. The summed E-state index contributed by atoms with van der Waals surface area (Å²) in [5.74, 6) is -11.4. The summed E-state index contributed by atoms with van der Waals surface area (Å²) >= 11 is 0. The number of H-pyrrole nitrogens is 1. The third kappa shape index (κ3) is 27.0. The lowest BCUT2D eigenvalue weighted by molar-refractivity contribution is -0.145. The second-order valence-electron chi connectivity index (χ2n) is 27.8.